The van der Waals surface area contributed by atoms with Crippen molar-refractivity contribution in [3.05, 3.63) is 122 Å². The van der Waals surface area contributed by atoms with E-state index in [2.05, 4.69) is 152 Å². The average molecular weight is 1900 g/mol. The number of hydrogen-bond acceptors (Lipinski definition) is 28. The molecule has 126 heavy (non-hydrogen) atoms. The minimum absolute atomic E-state index is 0.139. The van der Waals surface area contributed by atoms with Crippen LogP contribution in [0.3, 0.4) is 0 Å². The number of H-pyrrole nitrogens is 3. The third-order valence-electron chi connectivity index (χ3n) is 21.8. The maximum absolute atomic E-state index is 12.2. The van der Waals surface area contributed by atoms with Crippen molar-refractivity contribution in [3.8, 4) is 0 Å². The Bertz CT molecular complexity index is 4540. The molecule has 19 N–H and O–H groups in total. The highest BCUT2D eigenvalue weighted by Crippen LogP contribution is 2.45. The lowest BCUT2D eigenvalue weighted by molar-refractivity contribution is -0.536. The largest absolute Gasteiger partial charge is 0.500 e. The molecule has 1 unspecified atom stereocenters. The van der Waals surface area contributed by atoms with Crippen LogP contribution in [0.5, 0.6) is 0 Å². The van der Waals surface area contributed by atoms with Gasteiger partial charge in [-0.3, -0.25) is 53.7 Å². The van der Waals surface area contributed by atoms with Gasteiger partial charge in [0.15, 0.2) is 11.3 Å². The summed E-state index contributed by atoms with van der Waals surface area (Å²) in [5, 5.41) is 121. The fourth-order valence-corrected chi connectivity index (χ4v) is 19.4. The summed E-state index contributed by atoms with van der Waals surface area (Å²) < 4.78 is 34.1. The number of aliphatic hydroxyl groups excluding tert-OH is 10. The van der Waals surface area contributed by atoms with E-state index in [9.17, 15) is 89.4 Å². The second-order valence-electron chi connectivity index (χ2n) is 36.8. The predicted molar refractivity (Wildman–Crippen MR) is 513 cm³/mol. The van der Waals surface area contributed by atoms with Crippen LogP contribution in [0.25, 0.3) is 0 Å². The number of thiocarbonyl (C=S) groups is 1. The summed E-state index contributed by atoms with van der Waals surface area (Å²) >= 11 is 5.14. The summed E-state index contributed by atoms with van der Waals surface area (Å²) in [5.74, 6) is -0.931. The van der Waals surface area contributed by atoms with E-state index in [1.165, 1.54) is 38.5 Å². The van der Waals surface area contributed by atoms with Gasteiger partial charge in [-0.15, -0.1) is 65.9 Å². The van der Waals surface area contributed by atoms with Crippen molar-refractivity contribution in [1.82, 2.24) is 65.5 Å². The number of hydrogen-bond donors (Lipinski definition) is 19. The third kappa shape index (κ3) is 32.6. The molecule has 5 fully saturated rings. The van der Waals surface area contributed by atoms with Crippen LogP contribution in [-0.2, 0) is 48.4 Å². The Morgan fingerprint density at radius 2 is 0.817 bits per heavy atom. The molecule has 10 rings (SSSR count). The summed E-state index contributed by atoms with van der Waals surface area (Å²) in [7, 11) is 1.81. The molecular formula is C83H146N14O23P5S+. The normalized spacial score (nSPS) is 28.8. The van der Waals surface area contributed by atoms with Gasteiger partial charge in [0.25, 0.3) is 16.7 Å². The van der Waals surface area contributed by atoms with E-state index < -0.39 is 196 Å². The predicted octanol–water partition coefficient (Wildman–Crippen LogP) is -0.462. The van der Waals surface area contributed by atoms with Gasteiger partial charge in [-0.1, -0.05) is 34.3 Å². The average Bonchev–Trinajstić information content (AvgIpc) is 1.68. The molecule has 5 saturated heterocycles. The van der Waals surface area contributed by atoms with Crippen LogP contribution in [0.1, 0.15) is 121 Å². The van der Waals surface area contributed by atoms with Crippen LogP contribution in [0, 0.1) is 5.92 Å². The van der Waals surface area contributed by atoms with E-state index in [4.69, 9.17) is 35.9 Å². The van der Waals surface area contributed by atoms with Crippen molar-refractivity contribution in [3.63, 3.8) is 0 Å². The Hall–Kier alpha value is -5.24. The molecule has 716 valence electrons. The molecular weight excluding hydrogens is 1750 g/mol. The highest BCUT2D eigenvalue weighted by molar-refractivity contribution is 7.80. The molecule has 21 atom stereocenters. The number of aromatic amines is 3. The first-order chi connectivity index (χ1) is 58.6. The third-order valence-corrected chi connectivity index (χ3v) is 29.5. The summed E-state index contributed by atoms with van der Waals surface area (Å²) in [6.07, 6.45) is 20.6. The molecule has 7 aliphatic rings. The Balaban J connectivity index is 0.000000244. The summed E-state index contributed by atoms with van der Waals surface area (Å²) in [6, 6.07) is -0.649. The summed E-state index contributed by atoms with van der Waals surface area (Å²) in [4.78, 5) is 105. The molecule has 0 aromatic carbocycles. The van der Waals surface area contributed by atoms with Gasteiger partial charge in [0.2, 0.25) is 6.23 Å². The van der Waals surface area contributed by atoms with Gasteiger partial charge in [-0.05, 0) is 194 Å². The zero-order chi connectivity index (χ0) is 94.6. The molecule has 0 bridgehead atoms. The van der Waals surface area contributed by atoms with Crippen molar-refractivity contribution < 1.29 is 88.9 Å². The van der Waals surface area contributed by atoms with Crippen LogP contribution in [0.2, 0.25) is 0 Å². The summed E-state index contributed by atoms with van der Waals surface area (Å²) in [6.45, 7) is 30.8. The van der Waals surface area contributed by atoms with Gasteiger partial charge >= 0.3 is 29.0 Å². The SMILES string of the molecule is C=C1NC(=S)N(C)C=C1[C@@H]1O[C@H](CCP(=C)(C)C)[C@@H](O)[C@H]1O.C=P(C)(C)CC[C@H]1O[C@@H]([N+]2=CC(CNCCC)C(=O)NC2=O)[C@H](O)[C@@H]1O.C=P(C)(C)CC[C@H]1O[C@@H](c2cn(CNCCC)c(=O)[nH]c2=O)[C@H](O)[C@@H]1O.C=P(C)(C)CC[C@H]1O[C@@H](c2cn(CNCCC)c(=O)[nH]c2=O)[C@H](O)[C@@H]1O.C=P(C)(C)CC[C@H]1O[C@@H](n2cc(CNCCC)c(=O)[nH]c2=O)[C@H](O)[C@@H]1O. The second kappa shape index (κ2) is 48.9. The van der Waals surface area contributed by atoms with E-state index >= 15 is 0 Å². The molecule has 3 aromatic heterocycles. The van der Waals surface area contributed by atoms with E-state index in [0.29, 0.717) is 67.1 Å². The van der Waals surface area contributed by atoms with Crippen molar-refractivity contribution in [2.24, 2.45) is 5.92 Å². The minimum Gasteiger partial charge on any atom is -0.388 e. The molecule has 3 amide bonds. The molecule has 0 spiro atoms. The maximum Gasteiger partial charge on any atom is 0.500 e. The van der Waals surface area contributed by atoms with E-state index in [0.717, 1.165) is 87.2 Å². The monoisotopic (exact) mass is 1890 g/mol. The zero-order valence-electron chi connectivity index (χ0n) is 76.0. The standard InChI is InChI=1S/4C17H30N3O5P.C15H25N2O3PS/c2*1-5-7-18-10-20-9-11(16(23)19-17(20)24)15-14(22)13(21)12(25-15)6-8-26(2,3)4;2*1-5-7-18-9-11-10-20(17(24)19-15(11)23)16-14(22)13(21)12(25-16)6-8-26(2,3)4;1-9-10(8-17(2)15(22)16-9)14-13(19)12(18)11(20-14)6-7-21(3,4)5/h2*9,12-15,18,21-22H,2,5-8,10H2,1,3-4H3,(H,19,23,24);10,12-14,16,18,21-22H,2,5-9H2,1,3-4H3,(H,19,23,24);10-14,16,18,21-22H,2,5-9H2,1,3-4H3;8,11-14,18-19H,1,3,6-7H2,2,4-5H3,(H,16,22)/p+1/t2*12-,13-,14-,15+;12-,13-,14-,16-;11?,12-,13-,14-,16-;11-,12-,13-,14+/m11111/s1. The molecule has 10 heterocycles. The number of amides is 3. The molecule has 43 heteroatoms. The van der Waals surface area contributed by atoms with Crippen LogP contribution in [0.15, 0.2) is 71.4 Å². The quantitative estimate of drug-likeness (QED) is 0.0152. The topological polar surface area (TPSA) is 526 Å². The van der Waals surface area contributed by atoms with Gasteiger partial charge in [0, 0.05) is 61.8 Å². The smallest absolute Gasteiger partial charge is 0.388 e. The van der Waals surface area contributed by atoms with E-state index in [1.807, 2.05) is 34.7 Å². The molecule has 37 nitrogen and oxygen atoms in total. The number of rotatable bonds is 36. The minimum atomic E-state index is -1.29. The first kappa shape index (κ1) is 110. The number of nitrogens with zero attached hydrogens (tertiary/aromatic N) is 5. The molecule has 7 aliphatic heterocycles. The van der Waals surface area contributed by atoms with E-state index in [1.54, 1.807) is 11.1 Å². The Morgan fingerprint density at radius 1 is 0.452 bits per heavy atom. The number of imide groups is 1. The van der Waals surface area contributed by atoms with Gasteiger partial charge in [-0.2, -0.15) is 14.7 Å². The number of aliphatic hydroxyl groups is 10. The first-order valence-electron chi connectivity index (χ1n) is 42.9. The van der Waals surface area contributed by atoms with Crippen molar-refractivity contribution in [2.75, 3.05) is 137 Å². The van der Waals surface area contributed by atoms with Gasteiger partial charge in [-0.25, -0.2) is 19.2 Å². The van der Waals surface area contributed by atoms with Crippen LogP contribution < -0.4 is 65.6 Å². The Morgan fingerprint density at radius 3 is 1.24 bits per heavy atom. The zero-order valence-corrected chi connectivity index (χ0v) is 81.3. The highest BCUT2D eigenvalue weighted by atomic mass is 32.1. The number of urea groups is 1. The number of carbonyl (C=O) groups excluding carboxylic acids is 2. The van der Waals surface area contributed by atoms with Crippen molar-refractivity contribution in [2.45, 2.75) is 228 Å². The Kier molecular flexibility index (Phi) is 42.5. The van der Waals surface area contributed by atoms with Crippen LogP contribution in [-0.4, -0.2) is 385 Å². The van der Waals surface area contributed by atoms with Gasteiger partial charge in [0.05, 0.1) is 61.2 Å². The maximum atomic E-state index is 12.2. The molecule has 0 saturated carbocycles. The van der Waals surface area contributed by atoms with Crippen molar-refractivity contribution >= 4 is 101 Å². The number of ether oxygens (including phenoxy) is 5. The fraction of sp³-hybridized carbons (Fsp3) is 0.699. The van der Waals surface area contributed by atoms with Crippen molar-refractivity contribution in [1.29, 1.82) is 0 Å². The molecule has 0 radical (unpaired) electrons. The highest BCUT2D eigenvalue weighted by Gasteiger charge is 2.52. The fourth-order valence-electron chi connectivity index (χ4n) is 14.5. The lowest BCUT2D eigenvalue weighted by Crippen LogP contribution is -2.55. The van der Waals surface area contributed by atoms with Crippen LogP contribution in [0.4, 0.5) is 4.79 Å². The number of aromatic nitrogens is 6. The van der Waals surface area contributed by atoms with Crippen LogP contribution >= 0.6 is 46.6 Å². The molecule has 3 aromatic rings. The number of nitrogens with one attached hydrogen (secondary N) is 9. The molecule has 0 aliphatic carbocycles. The summed E-state index contributed by atoms with van der Waals surface area (Å²) in [5.41, 5.74) is -1.45. The van der Waals surface area contributed by atoms with Gasteiger partial charge in [0.1, 0.15) is 85.3 Å². The van der Waals surface area contributed by atoms with Gasteiger partial charge < -0.3 is 95.6 Å². The number of carbonyl (C=O) groups is 2. The lowest BCUT2D eigenvalue weighted by atomic mass is 9.99. The first-order valence-corrected chi connectivity index (χ1v) is 58.5. The van der Waals surface area contributed by atoms with E-state index in [-0.39, 0.29) is 36.5 Å². The lowest BCUT2D eigenvalue weighted by Gasteiger charge is -2.30. The Labute approximate surface area is 744 Å². The second-order valence-corrected chi connectivity index (χ2v) is 58.7.